The number of methoxy groups -OCH3 is 3. The van der Waals surface area contributed by atoms with E-state index >= 15 is 0 Å². The molecule has 42 heavy (non-hydrogen) atoms. The van der Waals surface area contributed by atoms with Crippen molar-refractivity contribution in [3.8, 4) is 5.75 Å². The zero-order valence-corrected chi connectivity index (χ0v) is 25.7. The van der Waals surface area contributed by atoms with Gasteiger partial charge in [0.2, 0.25) is 5.91 Å². The van der Waals surface area contributed by atoms with Crippen LogP contribution in [0.1, 0.15) is 51.2 Å². The number of esters is 1. The van der Waals surface area contributed by atoms with E-state index in [1.807, 2.05) is 57.2 Å². The van der Waals surface area contributed by atoms with Gasteiger partial charge in [0.1, 0.15) is 23.4 Å². The van der Waals surface area contributed by atoms with Crippen LogP contribution < -0.4 is 10.1 Å². The van der Waals surface area contributed by atoms with Gasteiger partial charge in [0.05, 0.1) is 27.4 Å². The van der Waals surface area contributed by atoms with Crippen molar-refractivity contribution < 1.29 is 33.3 Å². The van der Waals surface area contributed by atoms with Crippen LogP contribution in [-0.2, 0) is 35.8 Å². The lowest BCUT2D eigenvalue weighted by Gasteiger charge is -2.35. The monoisotopic (exact) mass is 580 g/mol. The van der Waals surface area contributed by atoms with Gasteiger partial charge in [0.15, 0.2) is 0 Å². The molecule has 1 N–H and O–H groups in total. The van der Waals surface area contributed by atoms with E-state index in [1.54, 1.807) is 20.3 Å². The highest BCUT2D eigenvalue weighted by Gasteiger charge is 2.53. The molecule has 1 unspecified atom stereocenters. The molecule has 0 bridgehead atoms. The molecule has 1 aliphatic heterocycles. The quantitative estimate of drug-likeness (QED) is 0.206. The van der Waals surface area contributed by atoms with E-state index in [1.165, 1.54) is 12.0 Å². The molecular formula is C33H44N2O7. The molecule has 1 fully saturated rings. The van der Waals surface area contributed by atoms with Crippen molar-refractivity contribution in [1.29, 1.82) is 0 Å². The number of rotatable bonds is 12. The number of amides is 2. The second-order valence-electron chi connectivity index (χ2n) is 11.6. The molecule has 0 aromatic heterocycles. The third kappa shape index (κ3) is 6.95. The number of carbonyl (C=O) groups is 3. The lowest BCUT2D eigenvalue weighted by Crippen LogP contribution is -2.57. The first-order valence-corrected chi connectivity index (χ1v) is 14.1. The second kappa shape index (κ2) is 13.9. The average molecular weight is 581 g/mol. The Hall–Kier alpha value is -3.85. The smallest absolute Gasteiger partial charge is 0.407 e. The molecule has 0 aliphatic carbocycles. The summed E-state index contributed by atoms with van der Waals surface area (Å²) in [4.78, 5) is 41.4. The van der Waals surface area contributed by atoms with Crippen molar-refractivity contribution in [1.82, 2.24) is 10.2 Å². The number of hydrogen-bond donors (Lipinski definition) is 1. The first kappa shape index (κ1) is 32.7. The Kier molecular flexibility index (Phi) is 10.8. The van der Waals surface area contributed by atoms with E-state index in [-0.39, 0.29) is 19.6 Å². The highest BCUT2D eigenvalue weighted by Crippen LogP contribution is 2.42. The van der Waals surface area contributed by atoms with Crippen LogP contribution in [0.2, 0.25) is 0 Å². The number of allylic oxidation sites excluding steroid dienone is 2. The SMILES string of the molecule is C=CCCCOC(=O)NC(C(=O)N1C[C@](OC)(c2ccc3ccc(OC)c(CC=C)c3c2)C[C@H]1C(=O)OC)C(C)(C)C. The number of likely N-dealkylation sites (tertiary alicyclic amines) is 1. The number of hydrogen-bond acceptors (Lipinski definition) is 7. The molecule has 0 radical (unpaired) electrons. The summed E-state index contributed by atoms with van der Waals surface area (Å²) < 4.78 is 22.2. The minimum atomic E-state index is -1.01. The standard InChI is InChI=1S/C33H44N2O7/c1-9-11-12-18-42-31(38)34-28(32(3,4)5)29(36)35-21-33(41-8,20-26(35)30(37)40-7)23-16-14-22-15-17-27(39-6)24(13-10-2)25(22)19-23/h9-10,14-17,19,26,28H,1-2,11-13,18,20-21H2,3-8H3,(H,34,38)/t26-,28?,33-/m0/s1. The molecule has 3 atom stereocenters. The van der Waals surface area contributed by atoms with Crippen molar-refractivity contribution in [2.75, 3.05) is 34.5 Å². The molecule has 9 nitrogen and oxygen atoms in total. The molecule has 0 saturated carbocycles. The number of fused-ring (bicyclic) bond motifs is 1. The van der Waals surface area contributed by atoms with Crippen LogP contribution in [0.4, 0.5) is 4.79 Å². The molecule has 2 aromatic carbocycles. The maximum Gasteiger partial charge on any atom is 0.407 e. The maximum atomic E-state index is 14.2. The van der Waals surface area contributed by atoms with Crippen LogP contribution in [0.3, 0.4) is 0 Å². The van der Waals surface area contributed by atoms with Crippen LogP contribution in [-0.4, -0.2) is 69.4 Å². The summed E-state index contributed by atoms with van der Waals surface area (Å²) in [5.41, 5.74) is 0.0968. The Bertz CT molecular complexity index is 1320. The Morgan fingerprint density at radius 2 is 1.83 bits per heavy atom. The predicted octanol–water partition coefficient (Wildman–Crippen LogP) is 5.30. The number of benzene rings is 2. The highest BCUT2D eigenvalue weighted by atomic mass is 16.5. The number of unbranched alkanes of at least 4 members (excludes halogenated alkanes) is 1. The molecule has 1 heterocycles. The summed E-state index contributed by atoms with van der Waals surface area (Å²) >= 11 is 0. The molecule has 1 saturated heterocycles. The lowest BCUT2D eigenvalue weighted by molar-refractivity contribution is -0.152. The first-order chi connectivity index (χ1) is 20.0. The fourth-order valence-corrected chi connectivity index (χ4v) is 5.48. The van der Waals surface area contributed by atoms with Crippen LogP contribution >= 0.6 is 0 Å². The topological polar surface area (TPSA) is 103 Å². The van der Waals surface area contributed by atoms with Gasteiger partial charge in [0.25, 0.3) is 0 Å². The number of nitrogens with one attached hydrogen (secondary N) is 1. The molecule has 3 rings (SSSR count). The lowest BCUT2D eigenvalue weighted by atomic mass is 9.85. The Morgan fingerprint density at radius 3 is 2.43 bits per heavy atom. The minimum Gasteiger partial charge on any atom is -0.496 e. The van der Waals surface area contributed by atoms with Crippen molar-refractivity contribution in [3.05, 3.63) is 66.8 Å². The van der Waals surface area contributed by atoms with Gasteiger partial charge in [-0.1, -0.05) is 51.1 Å². The van der Waals surface area contributed by atoms with Crippen molar-refractivity contribution in [2.24, 2.45) is 5.41 Å². The summed E-state index contributed by atoms with van der Waals surface area (Å²) in [5, 5.41) is 4.72. The zero-order valence-electron chi connectivity index (χ0n) is 25.7. The summed E-state index contributed by atoms with van der Waals surface area (Å²) in [6.45, 7) is 13.4. The van der Waals surface area contributed by atoms with Crippen LogP contribution in [0, 0.1) is 5.41 Å². The summed E-state index contributed by atoms with van der Waals surface area (Å²) in [6.07, 6.45) is 4.99. The largest absolute Gasteiger partial charge is 0.496 e. The van der Waals surface area contributed by atoms with E-state index in [2.05, 4.69) is 18.5 Å². The molecule has 0 spiro atoms. The van der Waals surface area contributed by atoms with Gasteiger partial charge in [-0.2, -0.15) is 0 Å². The number of carbonyl (C=O) groups excluding carboxylic acids is 3. The van der Waals surface area contributed by atoms with Crippen molar-refractivity contribution >= 4 is 28.7 Å². The molecule has 9 heteroatoms. The van der Waals surface area contributed by atoms with Gasteiger partial charge in [-0.25, -0.2) is 9.59 Å². The fraction of sp³-hybridized carbons (Fsp3) is 0.485. The molecular weight excluding hydrogens is 536 g/mol. The fourth-order valence-electron chi connectivity index (χ4n) is 5.48. The molecule has 1 aliphatic rings. The predicted molar refractivity (Wildman–Crippen MR) is 162 cm³/mol. The zero-order chi connectivity index (χ0) is 31.1. The van der Waals surface area contributed by atoms with Gasteiger partial charge in [-0.3, -0.25) is 4.79 Å². The van der Waals surface area contributed by atoms with E-state index in [9.17, 15) is 14.4 Å². The Morgan fingerprint density at radius 1 is 1.12 bits per heavy atom. The third-order valence-corrected chi connectivity index (χ3v) is 7.82. The van der Waals surface area contributed by atoms with Gasteiger partial charge >= 0.3 is 12.1 Å². The summed E-state index contributed by atoms with van der Waals surface area (Å²) in [5.74, 6) is -0.233. The van der Waals surface area contributed by atoms with E-state index < -0.39 is 41.1 Å². The van der Waals surface area contributed by atoms with Gasteiger partial charge in [-0.15, -0.1) is 13.2 Å². The number of ether oxygens (including phenoxy) is 4. The average Bonchev–Trinajstić information content (AvgIpc) is 3.38. The highest BCUT2D eigenvalue weighted by molar-refractivity contribution is 5.92. The third-order valence-electron chi connectivity index (χ3n) is 7.82. The molecule has 228 valence electrons. The number of nitrogens with zero attached hydrogens (tertiary/aromatic N) is 1. The number of alkyl carbamates (subject to hydrolysis) is 1. The minimum absolute atomic E-state index is 0.0804. The first-order valence-electron chi connectivity index (χ1n) is 14.1. The van der Waals surface area contributed by atoms with E-state index in [0.29, 0.717) is 19.3 Å². The van der Waals surface area contributed by atoms with Crippen molar-refractivity contribution in [2.45, 2.75) is 64.1 Å². The summed E-state index contributed by atoms with van der Waals surface area (Å²) in [6, 6.07) is 8.01. The van der Waals surface area contributed by atoms with E-state index in [4.69, 9.17) is 18.9 Å². The van der Waals surface area contributed by atoms with Gasteiger partial charge in [0, 0.05) is 19.1 Å². The normalized spacial score (nSPS) is 19.2. The van der Waals surface area contributed by atoms with Gasteiger partial charge < -0.3 is 29.2 Å². The Balaban J connectivity index is 2.02. The van der Waals surface area contributed by atoms with Gasteiger partial charge in [-0.05, 0) is 53.1 Å². The van der Waals surface area contributed by atoms with Crippen molar-refractivity contribution in [3.63, 3.8) is 0 Å². The maximum absolute atomic E-state index is 14.2. The van der Waals surface area contributed by atoms with Crippen LogP contribution in [0.25, 0.3) is 10.8 Å². The molecule has 2 amide bonds. The summed E-state index contributed by atoms with van der Waals surface area (Å²) in [7, 11) is 4.50. The van der Waals surface area contributed by atoms with Crippen LogP contribution in [0.5, 0.6) is 5.75 Å². The van der Waals surface area contributed by atoms with E-state index in [0.717, 1.165) is 27.6 Å². The second-order valence-corrected chi connectivity index (χ2v) is 11.6. The molecule has 2 aromatic rings. The Labute approximate surface area is 248 Å². The van der Waals surface area contributed by atoms with Crippen LogP contribution in [0.15, 0.2) is 55.6 Å².